The van der Waals surface area contributed by atoms with E-state index < -0.39 is 0 Å². The van der Waals surface area contributed by atoms with Gasteiger partial charge < -0.3 is 0 Å². The summed E-state index contributed by atoms with van der Waals surface area (Å²) < 4.78 is 0. The Hall–Kier alpha value is -1.11. The molecule has 1 aromatic rings. The zero-order valence-corrected chi connectivity index (χ0v) is 10.5. The molecule has 1 nitrogen and oxygen atoms in total. The maximum Gasteiger partial charge on any atom is 0.0687 e. The van der Waals surface area contributed by atoms with E-state index in [9.17, 15) is 0 Å². The van der Waals surface area contributed by atoms with Gasteiger partial charge in [-0.3, -0.25) is 4.99 Å². The summed E-state index contributed by atoms with van der Waals surface area (Å²) in [4.78, 5) is 4.75. The molecular weight excluding hydrogens is 182 g/mol. The number of hydrogen-bond acceptors (Lipinski definition) is 1. The van der Waals surface area contributed by atoms with Crippen molar-refractivity contribution in [2.45, 2.75) is 47.5 Å². The first-order chi connectivity index (χ1) is 7.08. The molecule has 0 radical (unpaired) electrons. The predicted molar refractivity (Wildman–Crippen MR) is 68.3 cm³/mol. The lowest BCUT2D eigenvalue weighted by Crippen LogP contribution is -1.93. The van der Waals surface area contributed by atoms with Crippen molar-refractivity contribution in [3.63, 3.8) is 0 Å². The Labute approximate surface area is 93.2 Å². The molecule has 0 aliphatic heterocycles. The molecule has 0 aliphatic rings. The minimum Gasteiger partial charge on any atom is -0.257 e. The van der Waals surface area contributed by atoms with E-state index in [1.807, 2.05) is 0 Å². The normalized spacial score (nSPS) is 10.2. The highest BCUT2D eigenvalue weighted by Crippen LogP contribution is 2.25. The fraction of sp³-hybridized carbons (Fsp3) is 0.500. The molecule has 15 heavy (non-hydrogen) atoms. The molecule has 1 aromatic carbocycles. The standard InChI is InChI=1S/C14H21N/c1-6-13(7-2)15-14-11(4)8-10(3)9-12(14)5/h8-9H,6-7H2,1-5H3. The van der Waals surface area contributed by atoms with Crippen LogP contribution in [0.5, 0.6) is 0 Å². The van der Waals surface area contributed by atoms with Gasteiger partial charge in [-0.05, 0) is 44.7 Å². The van der Waals surface area contributed by atoms with Gasteiger partial charge in [0.05, 0.1) is 5.69 Å². The molecule has 0 spiro atoms. The second-order valence-electron chi connectivity index (χ2n) is 4.13. The maximum atomic E-state index is 4.75. The molecule has 0 fully saturated rings. The summed E-state index contributed by atoms with van der Waals surface area (Å²) in [6, 6.07) is 4.41. The lowest BCUT2D eigenvalue weighted by Gasteiger charge is -2.08. The Kier molecular flexibility index (Phi) is 4.07. The number of aryl methyl sites for hydroxylation is 3. The van der Waals surface area contributed by atoms with Gasteiger partial charge in [0, 0.05) is 5.71 Å². The summed E-state index contributed by atoms with van der Waals surface area (Å²) in [5, 5.41) is 0. The van der Waals surface area contributed by atoms with Gasteiger partial charge in [-0.15, -0.1) is 0 Å². The molecule has 0 saturated carbocycles. The van der Waals surface area contributed by atoms with E-state index in [1.165, 1.54) is 28.1 Å². The molecule has 0 aliphatic carbocycles. The van der Waals surface area contributed by atoms with Gasteiger partial charge in [0.15, 0.2) is 0 Å². The first kappa shape index (κ1) is 12.0. The summed E-state index contributed by atoms with van der Waals surface area (Å²) in [6.07, 6.45) is 2.09. The van der Waals surface area contributed by atoms with Crippen molar-refractivity contribution in [3.8, 4) is 0 Å². The van der Waals surface area contributed by atoms with Crippen LogP contribution in [0.1, 0.15) is 43.4 Å². The number of nitrogens with zero attached hydrogens (tertiary/aromatic N) is 1. The van der Waals surface area contributed by atoms with Crippen molar-refractivity contribution in [1.82, 2.24) is 0 Å². The second kappa shape index (κ2) is 5.11. The smallest absolute Gasteiger partial charge is 0.0687 e. The number of hydrogen-bond donors (Lipinski definition) is 0. The molecule has 82 valence electrons. The number of benzene rings is 1. The molecule has 0 aromatic heterocycles. The third-order valence-corrected chi connectivity index (χ3v) is 2.72. The molecule has 0 atom stereocenters. The van der Waals surface area contributed by atoms with Crippen molar-refractivity contribution in [1.29, 1.82) is 0 Å². The molecule has 0 N–H and O–H groups in total. The molecule has 1 heteroatoms. The molecule has 0 unspecified atom stereocenters. The van der Waals surface area contributed by atoms with Crippen molar-refractivity contribution in [2.75, 3.05) is 0 Å². The van der Waals surface area contributed by atoms with Gasteiger partial charge in [-0.2, -0.15) is 0 Å². The Morgan fingerprint density at radius 3 is 1.87 bits per heavy atom. The zero-order chi connectivity index (χ0) is 11.4. The Bertz CT molecular complexity index is 346. The molecule has 0 heterocycles. The van der Waals surface area contributed by atoms with Crippen molar-refractivity contribution < 1.29 is 0 Å². The largest absolute Gasteiger partial charge is 0.257 e. The topological polar surface area (TPSA) is 12.4 Å². The van der Waals surface area contributed by atoms with E-state index in [2.05, 4.69) is 46.8 Å². The SMILES string of the molecule is CCC(CC)=Nc1c(C)cc(C)cc1C. The number of aliphatic imine (C=N–C) groups is 1. The van der Waals surface area contributed by atoms with E-state index in [4.69, 9.17) is 4.99 Å². The highest BCUT2D eigenvalue weighted by atomic mass is 14.8. The first-order valence-corrected chi connectivity index (χ1v) is 5.72. The van der Waals surface area contributed by atoms with E-state index in [0.717, 1.165) is 12.8 Å². The lowest BCUT2D eigenvalue weighted by molar-refractivity contribution is 1.14. The molecule has 0 amide bonds. The highest BCUT2D eigenvalue weighted by Gasteiger charge is 2.03. The van der Waals surface area contributed by atoms with Crippen molar-refractivity contribution >= 4 is 11.4 Å². The number of rotatable bonds is 3. The van der Waals surface area contributed by atoms with Crippen LogP contribution in [-0.4, -0.2) is 5.71 Å². The van der Waals surface area contributed by atoms with Crippen LogP contribution in [0.25, 0.3) is 0 Å². The third kappa shape index (κ3) is 2.92. The summed E-state index contributed by atoms with van der Waals surface area (Å²) >= 11 is 0. The lowest BCUT2D eigenvalue weighted by atomic mass is 10.1. The van der Waals surface area contributed by atoms with E-state index in [0.29, 0.717) is 0 Å². The van der Waals surface area contributed by atoms with Crippen LogP contribution in [0.4, 0.5) is 5.69 Å². The summed E-state index contributed by atoms with van der Waals surface area (Å²) in [6.45, 7) is 10.7. The molecule has 0 saturated heterocycles. The summed E-state index contributed by atoms with van der Waals surface area (Å²) in [5.74, 6) is 0. The monoisotopic (exact) mass is 203 g/mol. The van der Waals surface area contributed by atoms with E-state index in [1.54, 1.807) is 0 Å². The van der Waals surface area contributed by atoms with Crippen LogP contribution in [0.3, 0.4) is 0 Å². The minimum absolute atomic E-state index is 1.04. The van der Waals surface area contributed by atoms with E-state index >= 15 is 0 Å². The van der Waals surface area contributed by atoms with Crippen LogP contribution in [0.15, 0.2) is 17.1 Å². The molecule has 1 rings (SSSR count). The Morgan fingerprint density at radius 2 is 1.47 bits per heavy atom. The molecule has 0 bridgehead atoms. The van der Waals surface area contributed by atoms with Crippen molar-refractivity contribution in [2.24, 2.45) is 4.99 Å². The van der Waals surface area contributed by atoms with Crippen LogP contribution in [0.2, 0.25) is 0 Å². The third-order valence-electron chi connectivity index (χ3n) is 2.72. The fourth-order valence-electron chi connectivity index (χ4n) is 1.91. The Balaban J connectivity index is 3.20. The van der Waals surface area contributed by atoms with Crippen LogP contribution >= 0.6 is 0 Å². The average molecular weight is 203 g/mol. The predicted octanol–water partition coefficient (Wildman–Crippen LogP) is 4.50. The Morgan fingerprint density at radius 1 is 1.00 bits per heavy atom. The first-order valence-electron chi connectivity index (χ1n) is 5.72. The van der Waals surface area contributed by atoms with Gasteiger partial charge in [-0.1, -0.05) is 31.5 Å². The maximum absolute atomic E-state index is 4.75. The summed E-state index contributed by atoms with van der Waals surface area (Å²) in [5.41, 5.74) is 6.33. The zero-order valence-electron chi connectivity index (χ0n) is 10.5. The van der Waals surface area contributed by atoms with Gasteiger partial charge in [0.25, 0.3) is 0 Å². The van der Waals surface area contributed by atoms with E-state index in [-0.39, 0.29) is 0 Å². The quantitative estimate of drug-likeness (QED) is 0.641. The van der Waals surface area contributed by atoms with Crippen LogP contribution in [-0.2, 0) is 0 Å². The summed E-state index contributed by atoms with van der Waals surface area (Å²) in [7, 11) is 0. The van der Waals surface area contributed by atoms with Gasteiger partial charge in [-0.25, -0.2) is 0 Å². The van der Waals surface area contributed by atoms with Gasteiger partial charge >= 0.3 is 0 Å². The average Bonchev–Trinajstić information content (AvgIpc) is 2.17. The highest BCUT2D eigenvalue weighted by molar-refractivity contribution is 5.87. The van der Waals surface area contributed by atoms with Gasteiger partial charge in [0.2, 0.25) is 0 Å². The fourth-order valence-corrected chi connectivity index (χ4v) is 1.91. The minimum atomic E-state index is 1.04. The van der Waals surface area contributed by atoms with Crippen LogP contribution < -0.4 is 0 Å². The van der Waals surface area contributed by atoms with Crippen LogP contribution in [0, 0.1) is 20.8 Å². The second-order valence-corrected chi connectivity index (χ2v) is 4.13. The van der Waals surface area contributed by atoms with Crippen molar-refractivity contribution in [3.05, 3.63) is 28.8 Å². The molecular formula is C14H21N. The van der Waals surface area contributed by atoms with Gasteiger partial charge in [0.1, 0.15) is 0 Å².